The Labute approximate surface area is 165 Å². The minimum Gasteiger partial charge on any atom is -0.337 e. The molecule has 0 spiro atoms. The lowest BCUT2D eigenvalue weighted by Gasteiger charge is -2.13. The highest BCUT2D eigenvalue weighted by Gasteiger charge is 2.11. The Balaban J connectivity index is 1.96. The van der Waals surface area contributed by atoms with Crippen LogP contribution in [0.25, 0.3) is 11.2 Å². The Morgan fingerprint density at radius 1 is 1.36 bits per heavy atom. The molecule has 0 amide bonds. The van der Waals surface area contributed by atoms with E-state index in [0.29, 0.717) is 17.4 Å². The van der Waals surface area contributed by atoms with Gasteiger partial charge in [-0.2, -0.15) is 0 Å². The molecule has 2 N–H and O–H groups in total. The second-order valence-corrected chi connectivity index (χ2v) is 6.51. The molecule has 3 rings (SSSR count). The number of hydrogen-bond donors (Lipinski definition) is 2. The van der Waals surface area contributed by atoms with Gasteiger partial charge in [-0.1, -0.05) is 37.3 Å². The van der Waals surface area contributed by atoms with Crippen molar-refractivity contribution in [2.45, 2.75) is 13.8 Å². The van der Waals surface area contributed by atoms with Crippen LogP contribution in [0.1, 0.15) is 19.5 Å². The summed E-state index contributed by atoms with van der Waals surface area (Å²) in [7, 11) is 1.58. The molecular weight excluding hydrogens is 350 g/mol. The van der Waals surface area contributed by atoms with Gasteiger partial charge in [0.2, 0.25) is 0 Å². The van der Waals surface area contributed by atoms with E-state index in [4.69, 9.17) is 0 Å². The normalized spacial score (nSPS) is 13.1. The first kappa shape index (κ1) is 19.4. The van der Waals surface area contributed by atoms with Crippen molar-refractivity contribution in [3.05, 3.63) is 79.4 Å². The molecule has 0 saturated heterocycles. The van der Waals surface area contributed by atoms with Crippen molar-refractivity contribution in [3.63, 3.8) is 0 Å². The summed E-state index contributed by atoms with van der Waals surface area (Å²) in [6.45, 7) is 7.92. The Morgan fingerprint density at radius 2 is 2.18 bits per heavy atom. The van der Waals surface area contributed by atoms with Crippen LogP contribution in [-0.4, -0.2) is 26.6 Å². The van der Waals surface area contributed by atoms with Gasteiger partial charge in [-0.25, -0.2) is 9.97 Å². The standard InChI is InChI=1S/C22H25N5O/c1-5-16(3)10-11-17(6-2)20-15-24-22-21(23-12-13-27(20)22)25-18-8-7-9-19(14-18)26(4)28/h5-16,28H,1H2,2-4H3,(H,23,25)/b11-10-,17-6+. The first-order valence-corrected chi connectivity index (χ1v) is 9.12. The molecule has 0 saturated carbocycles. The summed E-state index contributed by atoms with van der Waals surface area (Å²) in [6.07, 6.45) is 13.6. The predicted molar refractivity (Wildman–Crippen MR) is 115 cm³/mol. The Kier molecular flexibility index (Phi) is 5.91. The number of nitrogens with zero attached hydrogens (tertiary/aromatic N) is 4. The van der Waals surface area contributed by atoms with Crippen molar-refractivity contribution in [3.8, 4) is 0 Å². The molecule has 1 aromatic carbocycles. The van der Waals surface area contributed by atoms with Crippen molar-refractivity contribution in [2.24, 2.45) is 5.92 Å². The van der Waals surface area contributed by atoms with Crippen LogP contribution < -0.4 is 10.4 Å². The summed E-state index contributed by atoms with van der Waals surface area (Å²) < 4.78 is 2.01. The van der Waals surface area contributed by atoms with Crippen LogP contribution in [0.2, 0.25) is 0 Å². The van der Waals surface area contributed by atoms with E-state index in [0.717, 1.165) is 27.7 Å². The Bertz CT molecular complexity index is 1030. The van der Waals surface area contributed by atoms with Gasteiger partial charge in [-0.05, 0) is 36.6 Å². The molecular formula is C22H25N5O. The summed E-state index contributed by atoms with van der Waals surface area (Å²) in [5.74, 6) is 0.940. The van der Waals surface area contributed by atoms with Crippen LogP contribution in [-0.2, 0) is 0 Å². The van der Waals surface area contributed by atoms with Crippen LogP contribution in [0.4, 0.5) is 17.2 Å². The number of hydroxylamine groups is 1. The average Bonchev–Trinajstić information content (AvgIpc) is 3.13. The van der Waals surface area contributed by atoms with E-state index in [-0.39, 0.29) is 0 Å². The topological polar surface area (TPSA) is 65.7 Å². The first-order chi connectivity index (χ1) is 13.5. The molecule has 2 aromatic heterocycles. The van der Waals surface area contributed by atoms with Gasteiger partial charge in [0, 0.05) is 25.1 Å². The van der Waals surface area contributed by atoms with Gasteiger partial charge >= 0.3 is 0 Å². The monoisotopic (exact) mass is 375 g/mol. The minimum absolute atomic E-state index is 0.296. The molecule has 2 heterocycles. The fourth-order valence-electron chi connectivity index (χ4n) is 2.81. The number of fused-ring (bicyclic) bond motifs is 1. The maximum absolute atomic E-state index is 9.64. The van der Waals surface area contributed by atoms with Crippen molar-refractivity contribution >= 4 is 28.4 Å². The number of anilines is 3. The Morgan fingerprint density at radius 3 is 2.89 bits per heavy atom. The lowest BCUT2D eigenvalue weighted by Crippen LogP contribution is -2.09. The van der Waals surface area contributed by atoms with Crippen LogP contribution in [0.5, 0.6) is 0 Å². The van der Waals surface area contributed by atoms with Gasteiger partial charge in [0.25, 0.3) is 0 Å². The molecule has 144 valence electrons. The summed E-state index contributed by atoms with van der Waals surface area (Å²) in [4.78, 5) is 9.01. The molecule has 0 aliphatic heterocycles. The van der Waals surface area contributed by atoms with Crippen LogP contribution in [0.15, 0.2) is 73.7 Å². The highest BCUT2D eigenvalue weighted by molar-refractivity contribution is 5.77. The van der Waals surface area contributed by atoms with Gasteiger partial charge in [-0.15, -0.1) is 6.58 Å². The lowest BCUT2D eigenvalue weighted by molar-refractivity contribution is 0.279. The molecule has 1 atom stereocenters. The van der Waals surface area contributed by atoms with Crippen molar-refractivity contribution in [1.82, 2.24) is 14.4 Å². The number of nitrogens with one attached hydrogen (secondary N) is 1. The second kappa shape index (κ2) is 8.54. The minimum atomic E-state index is 0.296. The van der Waals surface area contributed by atoms with Crippen molar-refractivity contribution < 1.29 is 5.21 Å². The highest BCUT2D eigenvalue weighted by Crippen LogP contribution is 2.25. The summed E-state index contributed by atoms with van der Waals surface area (Å²) in [5, 5.41) is 14.0. The van der Waals surface area contributed by atoms with E-state index in [1.807, 2.05) is 54.1 Å². The largest absolute Gasteiger partial charge is 0.337 e. The maximum atomic E-state index is 9.64. The summed E-state index contributed by atoms with van der Waals surface area (Å²) >= 11 is 0. The number of aromatic nitrogens is 3. The van der Waals surface area contributed by atoms with Crippen LogP contribution in [0, 0.1) is 5.92 Å². The zero-order valence-corrected chi connectivity index (χ0v) is 16.4. The molecule has 0 aliphatic carbocycles. The predicted octanol–water partition coefficient (Wildman–Crippen LogP) is 5.08. The fourth-order valence-corrected chi connectivity index (χ4v) is 2.81. The third kappa shape index (κ3) is 4.13. The van der Waals surface area contributed by atoms with Gasteiger partial charge in [0.05, 0.1) is 17.6 Å². The zero-order valence-electron chi connectivity index (χ0n) is 16.4. The molecule has 3 aromatic rings. The second-order valence-electron chi connectivity index (χ2n) is 6.51. The average molecular weight is 375 g/mol. The van der Waals surface area contributed by atoms with E-state index >= 15 is 0 Å². The van der Waals surface area contributed by atoms with Crippen molar-refractivity contribution in [2.75, 3.05) is 17.4 Å². The van der Waals surface area contributed by atoms with Gasteiger partial charge < -0.3 is 5.32 Å². The van der Waals surface area contributed by atoms with Gasteiger partial charge in [0.1, 0.15) is 0 Å². The number of imidazole rings is 1. The van der Waals surface area contributed by atoms with Crippen LogP contribution in [0.3, 0.4) is 0 Å². The highest BCUT2D eigenvalue weighted by atomic mass is 16.5. The van der Waals surface area contributed by atoms with E-state index in [2.05, 4.69) is 47.0 Å². The summed E-state index contributed by atoms with van der Waals surface area (Å²) in [6, 6.07) is 7.44. The first-order valence-electron chi connectivity index (χ1n) is 9.12. The van der Waals surface area contributed by atoms with E-state index in [1.54, 1.807) is 13.2 Å². The zero-order chi connectivity index (χ0) is 20.1. The van der Waals surface area contributed by atoms with E-state index in [9.17, 15) is 5.21 Å². The molecule has 0 radical (unpaired) electrons. The molecule has 0 bridgehead atoms. The molecule has 6 heteroatoms. The fraction of sp³-hybridized carbons (Fsp3) is 0.182. The third-order valence-electron chi connectivity index (χ3n) is 4.47. The van der Waals surface area contributed by atoms with E-state index < -0.39 is 0 Å². The number of benzene rings is 1. The van der Waals surface area contributed by atoms with Crippen LogP contribution >= 0.6 is 0 Å². The molecule has 0 fully saturated rings. The number of hydrogen-bond acceptors (Lipinski definition) is 5. The Hall–Kier alpha value is -3.38. The molecule has 28 heavy (non-hydrogen) atoms. The quantitative estimate of drug-likeness (QED) is 0.342. The third-order valence-corrected chi connectivity index (χ3v) is 4.47. The van der Waals surface area contributed by atoms with Gasteiger partial charge in [0.15, 0.2) is 11.5 Å². The van der Waals surface area contributed by atoms with Crippen molar-refractivity contribution in [1.29, 1.82) is 0 Å². The summed E-state index contributed by atoms with van der Waals surface area (Å²) in [5.41, 5.74) is 4.28. The maximum Gasteiger partial charge on any atom is 0.180 e. The molecule has 1 unspecified atom stereocenters. The lowest BCUT2D eigenvalue weighted by atomic mass is 10.1. The van der Waals surface area contributed by atoms with Gasteiger partial charge in [-0.3, -0.25) is 14.7 Å². The SMILES string of the molecule is C=CC(C)/C=C\C(=C/C)c1cnc2c(Nc3cccc(N(C)O)c3)nccn12. The number of allylic oxidation sites excluding steroid dienone is 5. The van der Waals surface area contributed by atoms with E-state index in [1.165, 1.54) is 0 Å². The molecule has 0 aliphatic rings. The smallest absolute Gasteiger partial charge is 0.180 e. The number of rotatable bonds is 7. The molecule has 6 nitrogen and oxygen atoms in total.